The number of carbonyl (C=O) groups excluding carboxylic acids is 1. The highest BCUT2D eigenvalue weighted by atomic mass is 32.1. The first kappa shape index (κ1) is 15.0. The molecule has 4 heteroatoms. The summed E-state index contributed by atoms with van der Waals surface area (Å²) in [6.45, 7) is 5.41. The van der Waals surface area contributed by atoms with Crippen molar-refractivity contribution < 1.29 is 9.53 Å². The van der Waals surface area contributed by atoms with Crippen LogP contribution >= 0.6 is 11.3 Å². The first-order valence-electron chi connectivity index (χ1n) is 7.44. The molecule has 1 aromatic heterocycles. The topological polar surface area (TPSA) is 29.5 Å². The zero-order valence-corrected chi connectivity index (χ0v) is 13.4. The fourth-order valence-electron chi connectivity index (χ4n) is 2.46. The maximum Gasteiger partial charge on any atom is 0.185 e. The van der Waals surface area contributed by atoms with Crippen LogP contribution in [0.2, 0.25) is 0 Å². The van der Waals surface area contributed by atoms with E-state index >= 15 is 0 Å². The maximum atomic E-state index is 12.2. The van der Waals surface area contributed by atoms with E-state index < -0.39 is 0 Å². The largest absolute Gasteiger partial charge is 0.378 e. The van der Waals surface area contributed by atoms with Gasteiger partial charge in [-0.15, -0.1) is 11.3 Å². The number of morpholine rings is 1. The Labute approximate surface area is 134 Å². The number of ether oxygens (including phenoxy) is 1. The lowest BCUT2D eigenvalue weighted by molar-refractivity contribution is 0.104. The van der Waals surface area contributed by atoms with Crippen molar-refractivity contribution >= 4 is 28.9 Å². The van der Waals surface area contributed by atoms with E-state index in [2.05, 4.69) is 17.9 Å². The van der Waals surface area contributed by atoms with Crippen LogP contribution in [0.5, 0.6) is 0 Å². The third-order valence-corrected chi connectivity index (χ3v) is 4.65. The van der Waals surface area contributed by atoms with E-state index in [1.165, 1.54) is 4.88 Å². The molecule has 0 amide bonds. The van der Waals surface area contributed by atoms with Gasteiger partial charge in [0.15, 0.2) is 5.78 Å². The van der Waals surface area contributed by atoms with E-state index in [0.717, 1.165) is 42.4 Å². The lowest BCUT2D eigenvalue weighted by Gasteiger charge is -2.28. The van der Waals surface area contributed by atoms with Gasteiger partial charge in [-0.1, -0.05) is 0 Å². The summed E-state index contributed by atoms with van der Waals surface area (Å²) in [5.41, 5.74) is 1.87. The highest BCUT2D eigenvalue weighted by Crippen LogP contribution is 2.19. The molecule has 0 saturated carbocycles. The van der Waals surface area contributed by atoms with E-state index in [1.54, 1.807) is 17.4 Å². The Morgan fingerprint density at radius 3 is 2.50 bits per heavy atom. The Bertz CT molecular complexity index is 667. The van der Waals surface area contributed by atoms with Crippen LogP contribution in [0.1, 0.15) is 20.1 Å². The van der Waals surface area contributed by atoms with E-state index in [0.29, 0.717) is 0 Å². The summed E-state index contributed by atoms with van der Waals surface area (Å²) in [5.74, 6) is 0.0413. The lowest BCUT2D eigenvalue weighted by Crippen LogP contribution is -2.36. The number of benzene rings is 1. The number of carbonyl (C=O) groups is 1. The summed E-state index contributed by atoms with van der Waals surface area (Å²) in [7, 11) is 0. The normalized spacial score (nSPS) is 15.4. The number of allylic oxidation sites excluding steroid dienone is 1. The highest BCUT2D eigenvalue weighted by molar-refractivity contribution is 7.12. The fraction of sp³-hybridized carbons (Fsp3) is 0.278. The van der Waals surface area contributed by atoms with Crippen LogP contribution in [-0.4, -0.2) is 32.1 Å². The van der Waals surface area contributed by atoms with Gasteiger partial charge >= 0.3 is 0 Å². The van der Waals surface area contributed by atoms with Crippen LogP contribution in [0.4, 0.5) is 5.69 Å². The average molecular weight is 313 g/mol. The Hall–Kier alpha value is -1.91. The van der Waals surface area contributed by atoms with Gasteiger partial charge in [-0.3, -0.25) is 4.79 Å². The second kappa shape index (κ2) is 6.90. The number of hydrogen-bond donors (Lipinski definition) is 0. The van der Waals surface area contributed by atoms with Crippen LogP contribution in [0.3, 0.4) is 0 Å². The highest BCUT2D eigenvalue weighted by Gasteiger charge is 2.11. The number of aryl methyl sites for hydroxylation is 1. The van der Waals surface area contributed by atoms with Crippen molar-refractivity contribution in [2.45, 2.75) is 6.92 Å². The van der Waals surface area contributed by atoms with E-state index in [1.807, 2.05) is 36.4 Å². The molecule has 1 fully saturated rings. The number of thiophene rings is 1. The molecule has 1 aliphatic rings. The van der Waals surface area contributed by atoms with Crippen LogP contribution in [0.25, 0.3) is 6.08 Å². The smallest absolute Gasteiger partial charge is 0.185 e. The molecule has 1 saturated heterocycles. The number of hydrogen-bond acceptors (Lipinski definition) is 4. The predicted octanol–water partition coefficient (Wildman–Crippen LogP) is 3.79. The van der Waals surface area contributed by atoms with Crippen LogP contribution in [0.15, 0.2) is 42.5 Å². The summed E-state index contributed by atoms with van der Waals surface area (Å²) in [4.78, 5) is 16.8. The van der Waals surface area contributed by atoms with E-state index in [-0.39, 0.29) is 5.78 Å². The third kappa shape index (κ3) is 3.64. The Morgan fingerprint density at radius 2 is 1.86 bits per heavy atom. The first-order chi connectivity index (χ1) is 10.7. The van der Waals surface area contributed by atoms with Gasteiger partial charge in [-0.2, -0.15) is 0 Å². The molecule has 1 aliphatic heterocycles. The molecule has 2 aromatic rings. The van der Waals surface area contributed by atoms with Crippen molar-refractivity contribution in [3.63, 3.8) is 0 Å². The SMILES string of the molecule is Cc1ccc(/C=C/C(=O)c2ccc(N3CCOCC3)cc2)s1. The number of ketones is 1. The van der Waals surface area contributed by atoms with Gasteiger partial charge in [0.1, 0.15) is 0 Å². The molecular weight excluding hydrogens is 294 g/mol. The summed E-state index contributed by atoms with van der Waals surface area (Å²) < 4.78 is 5.35. The standard InChI is InChI=1S/C18H19NO2S/c1-14-2-7-17(22-14)8-9-18(20)15-3-5-16(6-4-15)19-10-12-21-13-11-19/h2-9H,10-13H2,1H3/b9-8+. The summed E-state index contributed by atoms with van der Waals surface area (Å²) in [5, 5.41) is 0. The van der Waals surface area contributed by atoms with Gasteiger partial charge in [-0.25, -0.2) is 0 Å². The van der Waals surface area contributed by atoms with Gasteiger partial charge < -0.3 is 9.64 Å². The molecule has 22 heavy (non-hydrogen) atoms. The molecule has 0 aliphatic carbocycles. The second-order valence-electron chi connectivity index (χ2n) is 5.29. The third-order valence-electron chi connectivity index (χ3n) is 3.69. The number of nitrogens with zero attached hydrogens (tertiary/aromatic N) is 1. The van der Waals surface area contributed by atoms with Crippen molar-refractivity contribution in [3.8, 4) is 0 Å². The van der Waals surface area contributed by atoms with Crippen molar-refractivity contribution in [3.05, 3.63) is 57.8 Å². The average Bonchev–Trinajstić information content (AvgIpc) is 2.99. The second-order valence-corrected chi connectivity index (χ2v) is 6.61. The lowest BCUT2D eigenvalue weighted by atomic mass is 10.1. The van der Waals surface area contributed by atoms with Gasteiger partial charge in [0.25, 0.3) is 0 Å². The van der Waals surface area contributed by atoms with Crippen molar-refractivity contribution in [1.82, 2.24) is 0 Å². The van der Waals surface area contributed by atoms with Crippen molar-refractivity contribution in [2.75, 3.05) is 31.2 Å². The summed E-state index contributed by atoms with van der Waals surface area (Å²) >= 11 is 1.69. The van der Waals surface area contributed by atoms with Gasteiger partial charge in [0, 0.05) is 34.1 Å². The summed E-state index contributed by atoms with van der Waals surface area (Å²) in [6.07, 6.45) is 3.53. The quantitative estimate of drug-likeness (QED) is 0.635. The Morgan fingerprint density at radius 1 is 1.14 bits per heavy atom. The monoisotopic (exact) mass is 313 g/mol. The zero-order valence-electron chi connectivity index (χ0n) is 12.6. The summed E-state index contributed by atoms with van der Waals surface area (Å²) in [6, 6.07) is 11.9. The van der Waals surface area contributed by atoms with E-state index in [9.17, 15) is 4.79 Å². The molecule has 2 heterocycles. The molecule has 3 nitrogen and oxygen atoms in total. The van der Waals surface area contributed by atoms with Gasteiger partial charge in [0.05, 0.1) is 13.2 Å². The minimum absolute atomic E-state index is 0.0413. The molecule has 1 aromatic carbocycles. The van der Waals surface area contributed by atoms with Gasteiger partial charge in [-0.05, 0) is 55.5 Å². The van der Waals surface area contributed by atoms with Crippen LogP contribution < -0.4 is 4.90 Å². The Kier molecular flexibility index (Phi) is 4.71. The Balaban J connectivity index is 1.66. The molecule has 0 radical (unpaired) electrons. The molecule has 3 rings (SSSR count). The van der Waals surface area contributed by atoms with Crippen molar-refractivity contribution in [1.29, 1.82) is 0 Å². The minimum atomic E-state index is 0.0413. The van der Waals surface area contributed by atoms with Crippen molar-refractivity contribution in [2.24, 2.45) is 0 Å². The van der Waals surface area contributed by atoms with E-state index in [4.69, 9.17) is 4.74 Å². The van der Waals surface area contributed by atoms with Gasteiger partial charge in [0.2, 0.25) is 0 Å². The molecule has 0 unspecified atom stereocenters. The minimum Gasteiger partial charge on any atom is -0.378 e. The molecular formula is C18H19NO2S. The molecule has 0 spiro atoms. The first-order valence-corrected chi connectivity index (χ1v) is 8.26. The van der Waals surface area contributed by atoms with Crippen LogP contribution in [0, 0.1) is 6.92 Å². The molecule has 114 valence electrons. The van der Waals surface area contributed by atoms with Crippen LogP contribution in [-0.2, 0) is 4.74 Å². The fourth-order valence-corrected chi connectivity index (χ4v) is 3.24. The molecule has 0 N–H and O–H groups in total. The zero-order chi connectivity index (χ0) is 15.4. The molecule has 0 bridgehead atoms. The maximum absolute atomic E-state index is 12.2. The number of rotatable bonds is 4. The predicted molar refractivity (Wildman–Crippen MR) is 91.9 cm³/mol. The molecule has 0 atom stereocenters. The number of anilines is 1.